The Balaban J connectivity index is 1.78. The average Bonchev–Trinajstić information content (AvgIpc) is 2.72. The van der Waals surface area contributed by atoms with Gasteiger partial charge in [-0.15, -0.1) is 0 Å². The zero-order valence-corrected chi connectivity index (χ0v) is 15.9. The van der Waals surface area contributed by atoms with Gasteiger partial charge in [0.1, 0.15) is 61.9 Å². The molecule has 2 heterocycles. The number of benzene rings is 1. The summed E-state index contributed by atoms with van der Waals surface area (Å²) in [5.41, 5.74) is 0.969. The van der Waals surface area contributed by atoms with Gasteiger partial charge in [-0.05, 0) is 0 Å². The maximum absolute atomic E-state index is 10.5. The van der Waals surface area contributed by atoms with Crippen LogP contribution in [0.2, 0.25) is 0 Å². The Labute approximate surface area is 168 Å². The molecule has 164 valence electrons. The van der Waals surface area contributed by atoms with E-state index in [4.69, 9.17) is 9.47 Å². The van der Waals surface area contributed by atoms with Crippen LogP contribution in [-0.2, 0) is 16.0 Å². The van der Waals surface area contributed by atoms with Gasteiger partial charge in [0, 0.05) is 5.56 Å². The summed E-state index contributed by atoms with van der Waals surface area (Å²) >= 11 is 0. The molecule has 0 amide bonds. The van der Waals surface area contributed by atoms with E-state index in [1.165, 1.54) is 0 Å². The van der Waals surface area contributed by atoms with Crippen molar-refractivity contribution in [3.63, 3.8) is 0 Å². The van der Waals surface area contributed by atoms with E-state index in [1.807, 2.05) is 30.3 Å². The number of likely N-dealkylation sites (tertiary alicyclic amines) is 1. The molecule has 2 saturated heterocycles. The van der Waals surface area contributed by atoms with Gasteiger partial charge in [-0.3, -0.25) is 0 Å². The van der Waals surface area contributed by atoms with Crippen molar-refractivity contribution < 1.29 is 50.1 Å². The van der Waals surface area contributed by atoms with Crippen molar-refractivity contribution in [1.29, 1.82) is 0 Å². The third kappa shape index (κ3) is 4.78. The van der Waals surface area contributed by atoms with Crippen LogP contribution >= 0.6 is 0 Å². The quantitative estimate of drug-likeness (QED) is 0.228. The molecular formula is C19H30NO9+. The lowest BCUT2D eigenvalue weighted by atomic mass is 9.92. The van der Waals surface area contributed by atoms with Gasteiger partial charge in [0.15, 0.2) is 6.29 Å². The topological polar surface area (TPSA) is 165 Å². The molecular weight excluding hydrogens is 386 g/mol. The van der Waals surface area contributed by atoms with Gasteiger partial charge in [0.05, 0.1) is 13.2 Å². The minimum Gasteiger partial charge on any atom is -0.394 e. The Bertz CT molecular complexity index is 633. The molecule has 10 nitrogen and oxygen atoms in total. The largest absolute Gasteiger partial charge is 0.394 e. The van der Waals surface area contributed by atoms with Crippen molar-refractivity contribution in [1.82, 2.24) is 0 Å². The summed E-state index contributed by atoms with van der Waals surface area (Å²) in [6.07, 6.45) is -11.1. The van der Waals surface area contributed by atoms with E-state index in [-0.39, 0.29) is 13.2 Å². The molecule has 0 radical (unpaired) electrons. The summed E-state index contributed by atoms with van der Waals surface area (Å²) in [4.78, 5) is 0.770. The summed E-state index contributed by atoms with van der Waals surface area (Å²) in [6.45, 7) is -0.344. The normalized spacial score (nSPS) is 43.3. The summed E-state index contributed by atoms with van der Waals surface area (Å²) in [6, 6.07) is 8.79. The van der Waals surface area contributed by atoms with Crippen LogP contribution in [0.25, 0.3) is 0 Å². The molecule has 0 bridgehead atoms. The predicted molar refractivity (Wildman–Crippen MR) is 97.5 cm³/mol. The molecule has 8 N–H and O–H groups in total. The average molecular weight is 416 g/mol. The number of piperidine rings is 1. The highest BCUT2D eigenvalue weighted by Crippen LogP contribution is 2.25. The van der Waals surface area contributed by atoms with E-state index >= 15 is 0 Å². The zero-order valence-electron chi connectivity index (χ0n) is 15.9. The molecule has 2 aliphatic rings. The fourth-order valence-electron chi connectivity index (χ4n) is 4.03. The Morgan fingerprint density at radius 1 is 0.897 bits per heavy atom. The second-order valence-electron chi connectivity index (χ2n) is 7.67. The zero-order chi connectivity index (χ0) is 21.1. The Morgan fingerprint density at radius 2 is 1.59 bits per heavy atom. The van der Waals surface area contributed by atoms with Gasteiger partial charge < -0.3 is 50.1 Å². The number of rotatable bonds is 6. The third-order valence-electron chi connectivity index (χ3n) is 5.73. The third-order valence-corrected chi connectivity index (χ3v) is 5.73. The minimum atomic E-state index is -1.64. The summed E-state index contributed by atoms with van der Waals surface area (Å²) in [7, 11) is 0. The predicted octanol–water partition coefficient (Wildman–Crippen LogP) is -4.65. The monoisotopic (exact) mass is 416 g/mol. The van der Waals surface area contributed by atoms with Crippen molar-refractivity contribution in [2.45, 2.75) is 61.6 Å². The molecule has 0 spiro atoms. The number of ether oxygens (including phenoxy) is 2. The van der Waals surface area contributed by atoms with E-state index in [2.05, 4.69) is 0 Å². The van der Waals surface area contributed by atoms with Crippen molar-refractivity contribution in [2.24, 2.45) is 0 Å². The lowest BCUT2D eigenvalue weighted by molar-refractivity contribution is -0.953. The van der Waals surface area contributed by atoms with Crippen molar-refractivity contribution in [3.8, 4) is 0 Å². The van der Waals surface area contributed by atoms with Gasteiger partial charge in [-0.25, -0.2) is 0 Å². The van der Waals surface area contributed by atoms with E-state index in [9.17, 15) is 35.7 Å². The van der Waals surface area contributed by atoms with Crippen LogP contribution < -0.4 is 4.90 Å². The standard InChI is InChI=1S/C19H29NO9/c21-8-11-18(29-19-17(27)16(26)15(25)13(9-22)28-19)14(24)12(23)7-20(11)6-10-4-2-1-3-5-10/h1-5,11-19,21-27H,6-9H2/p+1/t11-,12+,13-,14-,15-,16+,17-,18-,19-/m1/s1. The molecule has 1 unspecified atom stereocenters. The number of hydrogen-bond donors (Lipinski definition) is 8. The van der Waals surface area contributed by atoms with Crippen molar-refractivity contribution in [2.75, 3.05) is 19.8 Å². The van der Waals surface area contributed by atoms with Gasteiger partial charge in [0.2, 0.25) is 0 Å². The lowest BCUT2D eigenvalue weighted by Crippen LogP contribution is -3.19. The van der Waals surface area contributed by atoms with Crippen LogP contribution in [0.5, 0.6) is 0 Å². The Kier molecular flexibility index (Phi) is 7.57. The van der Waals surface area contributed by atoms with E-state index in [1.54, 1.807) is 0 Å². The van der Waals surface area contributed by atoms with E-state index < -0.39 is 61.7 Å². The number of aliphatic hydroxyl groups is 7. The molecule has 3 rings (SSSR count). The molecule has 1 aromatic carbocycles. The second kappa shape index (κ2) is 9.75. The summed E-state index contributed by atoms with van der Waals surface area (Å²) in [5.74, 6) is 0. The molecule has 2 fully saturated rings. The molecule has 1 aromatic rings. The number of aliphatic hydroxyl groups excluding tert-OH is 7. The molecule has 0 saturated carbocycles. The number of quaternary nitrogens is 1. The summed E-state index contributed by atoms with van der Waals surface area (Å²) in [5, 5.41) is 70.2. The van der Waals surface area contributed by atoms with Gasteiger partial charge >= 0.3 is 0 Å². The molecule has 29 heavy (non-hydrogen) atoms. The van der Waals surface area contributed by atoms with Gasteiger partial charge in [0.25, 0.3) is 0 Å². The maximum Gasteiger partial charge on any atom is 0.187 e. The maximum atomic E-state index is 10.5. The first-order valence-corrected chi connectivity index (χ1v) is 9.68. The van der Waals surface area contributed by atoms with Crippen LogP contribution in [-0.4, -0.2) is 111 Å². The van der Waals surface area contributed by atoms with Crippen LogP contribution in [0, 0.1) is 0 Å². The van der Waals surface area contributed by atoms with Crippen molar-refractivity contribution in [3.05, 3.63) is 35.9 Å². The fourth-order valence-corrected chi connectivity index (χ4v) is 4.03. The summed E-state index contributed by atoms with van der Waals surface area (Å²) < 4.78 is 11.1. The Morgan fingerprint density at radius 3 is 2.21 bits per heavy atom. The minimum absolute atomic E-state index is 0.176. The number of nitrogens with one attached hydrogen (secondary N) is 1. The highest BCUT2D eigenvalue weighted by atomic mass is 16.7. The molecule has 2 aliphatic heterocycles. The smallest absolute Gasteiger partial charge is 0.187 e. The molecule has 10 atom stereocenters. The van der Waals surface area contributed by atoms with E-state index in [0.717, 1.165) is 10.5 Å². The van der Waals surface area contributed by atoms with Crippen LogP contribution in [0.3, 0.4) is 0 Å². The molecule has 0 aromatic heterocycles. The fraction of sp³-hybridized carbons (Fsp3) is 0.684. The molecule has 10 heteroatoms. The van der Waals surface area contributed by atoms with Crippen molar-refractivity contribution >= 4 is 0 Å². The Hall–Kier alpha value is -1.18. The first kappa shape index (κ1) is 22.5. The first-order chi connectivity index (χ1) is 13.9. The van der Waals surface area contributed by atoms with Gasteiger partial charge in [-0.2, -0.15) is 0 Å². The first-order valence-electron chi connectivity index (χ1n) is 9.68. The van der Waals surface area contributed by atoms with E-state index in [0.29, 0.717) is 6.54 Å². The lowest BCUT2D eigenvalue weighted by Gasteiger charge is -2.46. The highest BCUT2D eigenvalue weighted by molar-refractivity contribution is 5.13. The molecule has 0 aliphatic carbocycles. The number of hydrogen-bond acceptors (Lipinski definition) is 9. The van der Waals surface area contributed by atoms with Crippen LogP contribution in [0.15, 0.2) is 30.3 Å². The second-order valence-corrected chi connectivity index (χ2v) is 7.67. The van der Waals surface area contributed by atoms with Crippen LogP contribution in [0.1, 0.15) is 5.56 Å². The van der Waals surface area contributed by atoms with Crippen LogP contribution in [0.4, 0.5) is 0 Å². The SMILES string of the molecule is OC[C@@H]1[C@@H](O[C@H]2O[C@H](CO)[C@@H](O)[C@H](O)[C@H]2O)[C@H](O)[C@@H](O)C[NH+]1Cc1ccccc1. The van der Waals surface area contributed by atoms with Gasteiger partial charge in [-0.1, -0.05) is 30.3 Å². The highest BCUT2D eigenvalue weighted by Gasteiger charge is 2.51.